The second kappa shape index (κ2) is 28.2. The van der Waals surface area contributed by atoms with E-state index in [0.717, 1.165) is 5.57 Å². The van der Waals surface area contributed by atoms with Gasteiger partial charge in [-0.15, -0.1) is 0 Å². The van der Waals surface area contributed by atoms with Crippen LogP contribution in [0.5, 0.6) is 0 Å². The van der Waals surface area contributed by atoms with E-state index in [1.807, 2.05) is 27.7 Å². The van der Waals surface area contributed by atoms with E-state index in [0.29, 0.717) is 32.1 Å². The van der Waals surface area contributed by atoms with E-state index in [9.17, 15) is 80.5 Å². The second-order valence-electron chi connectivity index (χ2n) is 30.1. The van der Waals surface area contributed by atoms with Crippen LogP contribution in [0.4, 0.5) is 0 Å². The summed E-state index contributed by atoms with van der Waals surface area (Å²) in [6.07, 6.45) is -27.6. The van der Waals surface area contributed by atoms with E-state index in [1.54, 1.807) is 53.7 Å². The number of aliphatic hydroxyl groups is 11. The van der Waals surface area contributed by atoms with Gasteiger partial charge >= 0.3 is 23.9 Å². The molecule has 4 saturated carbocycles. The van der Waals surface area contributed by atoms with Gasteiger partial charge in [-0.3, -0.25) is 0 Å². The Hall–Kier alpha value is -3.92. The Morgan fingerprint density at radius 2 is 1.08 bits per heavy atom. The van der Waals surface area contributed by atoms with Crippen LogP contribution in [0.1, 0.15) is 142 Å². The van der Waals surface area contributed by atoms with Gasteiger partial charge in [-0.1, -0.05) is 78.3 Å². The van der Waals surface area contributed by atoms with Crippen molar-refractivity contribution in [3.63, 3.8) is 0 Å². The largest absolute Gasteiger partial charge is 0.479 e. The Morgan fingerprint density at radius 1 is 0.558 bits per heavy atom. The van der Waals surface area contributed by atoms with Crippen LogP contribution in [-0.2, 0) is 71.3 Å². The monoisotopic (exact) mass is 1350 g/mol. The summed E-state index contributed by atoms with van der Waals surface area (Å²) in [6.45, 7) is 23.6. The average Bonchev–Trinajstić information content (AvgIpc) is 0.912. The van der Waals surface area contributed by atoms with Gasteiger partial charge in [0.15, 0.2) is 43.5 Å². The second-order valence-corrected chi connectivity index (χ2v) is 30.1. The molecule has 4 saturated heterocycles. The lowest BCUT2D eigenvalue weighted by molar-refractivity contribution is -0.386. The summed E-state index contributed by atoms with van der Waals surface area (Å²) in [4.78, 5) is 54.1. The number of rotatable bonds is 18. The topological polar surface area (TPSA) is 413 Å². The van der Waals surface area contributed by atoms with Gasteiger partial charge in [-0.05, 0) is 138 Å². The third-order valence-corrected chi connectivity index (χ3v) is 24.3. The Balaban J connectivity index is 1.03. The van der Waals surface area contributed by atoms with Gasteiger partial charge in [0.05, 0.1) is 43.5 Å². The number of hydrogen-bond donors (Lipinski definition) is 12. The summed E-state index contributed by atoms with van der Waals surface area (Å²) in [5.74, 6) is -4.72. The molecule has 27 heteroatoms. The average molecular weight is 1350 g/mol. The maximum atomic E-state index is 14.4. The van der Waals surface area contributed by atoms with E-state index >= 15 is 0 Å². The van der Waals surface area contributed by atoms with Crippen LogP contribution in [-0.4, -0.2) is 246 Å². The third-order valence-electron chi connectivity index (χ3n) is 24.3. The van der Waals surface area contributed by atoms with Crippen LogP contribution < -0.4 is 0 Å². The summed E-state index contributed by atoms with van der Waals surface area (Å²) in [7, 11) is 0. The number of carboxylic acid groups (broad SMARTS) is 1. The van der Waals surface area contributed by atoms with Crippen LogP contribution in [0.25, 0.3) is 0 Å². The van der Waals surface area contributed by atoms with Crippen LogP contribution in [0.2, 0.25) is 0 Å². The van der Waals surface area contributed by atoms with E-state index in [4.69, 9.17) is 52.1 Å². The number of carbonyl (C=O) groups is 4. The molecule has 0 radical (unpaired) electrons. The molecule has 0 bridgehead atoms. The first-order valence-electron chi connectivity index (χ1n) is 33.4. The first-order valence-corrected chi connectivity index (χ1v) is 33.4. The smallest absolute Gasteiger partial charge is 0.335 e. The lowest BCUT2D eigenvalue weighted by Gasteiger charge is -2.72. The highest BCUT2D eigenvalue weighted by Gasteiger charge is 2.74. The minimum absolute atomic E-state index is 0.0563. The van der Waals surface area contributed by atoms with Crippen molar-refractivity contribution in [3.05, 3.63) is 46.6 Å². The van der Waals surface area contributed by atoms with Gasteiger partial charge in [0, 0.05) is 16.7 Å². The van der Waals surface area contributed by atoms with Crippen molar-refractivity contribution >= 4 is 23.9 Å². The van der Waals surface area contributed by atoms with Crippen LogP contribution in [0, 0.1) is 50.2 Å². The Bertz CT molecular complexity index is 2930. The van der Waals surface area contributed by atoms with Crippen molar-refractivity contribution < 1.29 is 133 Å². The first kappa shape index (κ1) is 75.3. The van der Waals surface area contributed by atoms with E-state index in [-0.39, 0.29) is 41.4 Å². The fourth-order valence-electron chi connectivity index (χ4n) is 18.1. The SMILES string of the molecule is C/C=C(/C)C(=O)O[C@@H]1[C@@H](OC(=O)/C(C)=C\C)[C@@H](O)[C@H](O[C@H]2[C@H](OC(=O)/C(C)=C\C)[C@@]3(CO)C(CC2(C)C)C2=CCC4[C@@]5(C)CC[C@H](O[C@@H]6O[C@H](C(=O)O)[C@@H](O)[C@H](O[C@@H]7O[C@@H](CO)[C@H](O)[C@H]7O)[C@H]6O[C@@H]6O[C@H](CO)[C@H](O)[C@H](O)[C@H]6O)C(C)(C)C5CC[C@@]4(C)[C@]2(C)C[C@H]3O)O[C@H]1C. The number of allylic oxidation sites excluding steroid dienone is 5. The van der Waals surface area contributed by atoms with Gasteiger partial charge in [-0.2, -0.15) is 0 Å². The molecule has 0 aromatic heterocycles. The molecule has 9 aliphatic rings. The normalized spacial score (nSPS) is 47.4. The van der Waals surface area contributed by atoms with E-state index < -0.39 is 223 Å². The minimum Gasteiger partial charge on any atom is -0.479 e. The molecule has 9 rings (SSSR count). The molecule has 95 heavy (non-hydrogen) atoms. The van der Waals surface area contributed by atoms with Crippen LogP contribution in [0.15, 0.2) is 46.6 Å². The number of fused-ring (bicyclic) bond motifs is 7. The Labute approximate surface area is 554 Å². The number of hydrogen-bond acceptors (Lipinski definition) is 26. The Morgan fingerprint density at radius 3 is 1.63 bits per heavy atom. The molecule has 12 N–H and O–H groups in total. The molecule has 8 fully saturated rings. The molecule has 0 amide bonds. The number of carbonyl (C=O) groups excluding carboxylic acids is 3. The van der Waals surface area contributed by atoms with Crippen molar-refractivity contribution in [3.8, 4) is 0 Å². The zero-order chi connectivity index (χ0) is 70.3. The van der Waals surface area contributed by atoms with Crippen molar-refractivity contribution in [2.45, 2.75) is 283 Å². The van der Waals surface area contributed by atoms with Gasteiger partial charge < -0.3 is 113 Å². The molecular formula is C68H104O27. The van der Waals surface area contributed by atoms with Gasteiger partial charge in [0.25, 0.3) is 0 Å². The molecule has 5 aliphatic carbocycles. The quantitative estimate of drug-likeness (QED) is 0.0305. The molecular weight excluding hydrogens is 1250 g/mol. The predicted molar refractivity (Wildman–Crippen MR) is 330 cm³/mol. The lowest BCUT2D eigenvalue weighted by atomic mass is 9.33. The lowest BCUT2D eigenvalue weighted by Crippen LogP contribution is -2.73. The van der Waals surface area contributed by atoms with Gasteiger partial charge in [0.1, 0.15) is 79.4 Å². The summed E-state index contributed by atoms with van der Waals surface area (Å²) in [5, 5.41) is 135. The zero-order valence-electron chi connectivity index (χ0n) is 56.9. The molecule has 0 spiro atoms. The van der Waals surface area contributed by atoms with Gasteiger partial charge in [-0.25, -0.2) is 19.2 Å². The summed E-state index contributed by atoms with van der Waals surface area (Å²) >= 11 is 0. The molecule has 4 heterocycles. The fraction of sp³-hybridized carbons (Fsp3) is 0.824. The van der Waals surface area contributed by atoms with E-state index in [2.05, 4.69) is 26.8 Å². The number of ether oxygens (including phenoxy) is 11. The van der Waals surface area contributed by atoms with Crippen LogP contribution >= 0.6 is 0 Å². The van der Waals surface area contributed by atoms with Crippen molar-refractivity contribution in [1.82, 2.24) is 0 Å². The molecule has 0 aromatic carbocycles. The predicted octanol–water partition coefficient (Wildman–Crippen LogP) is 1.66. The molecule has 27 nitrogen and oxygen atoms in total. The first-order chi connectivity index (χ1) is 44.4. The highest BCUT2D eigenvalue weighted by molar-refractivity contribution is 5.89. The Kier molecular flexibility index (Phi) is 22.4. The number of aliphatic hydroxyl groups excluding tert-OH is 11. The van der Waals surface area contributed by atoms with E-state index in [1.165, 1.54) is 13.0 Å². The fourth-order valence-corrected chi connectivity index (χ4v) is 18.1. The molecule has 538 valence electrons. The maximum Gasteiger partial charge on any atom is 0.335 e. The highest BCUT2D eigenvalue weighted by Crippen LogP contribution is 2.76. The molecule has 4 aliphatic heterocycles. The maximum absolute atomic E-state index is 14.4. The third kappa shape index (κ3) is 12.9. The van der Waals surface area contributed by atoms with Crippen molar-refractivity contribution in [2.24, 2.45) is 50.2 Å². The molecule has 0 aromatic rings. The zero-order valence-corrected chi connectivity index (χ0v) is 56.9. The highest BCUT2D eigenvalue weighted by atomic mass is 16.8. The molecule has 3 unspecified atom stereocenters. The summed E-state index contributed by atoms with van der Waals surface area (Å²) in [5.41, 5.74) is -3.45. The van der Waals surface area contributed by atoms with Crippen molar-refractivity contribution in [2.75, 3.05) is 19.8 Å². The van der Waals surface area contributed by atoms with Gasteiger partial charge in [0.2, 0.25) is 0 Å². The molecule has 30 atom stereocenters. The summed E-state index contributed by atoms with van der Waals surface area (Å²) < 4.78 is 68.4. The van der Waals surface area contributed by atoms with Crippen LogP contribution in [0.3, 0.4) is 0 Å². The minimum atomic E-state index is -2.14. The number of carboxylic acids is 1. The summed E-state index contributed by atoms with van der Waals surface area (Å²) in [6, 6.07) is 0. The standard InChI is InChI=1S/C68H104O27/c1-15-29(4)56(82)89-48-32(7)85-61(47(79)50(48)90-57(83)30(5)16-2)95-53-54(94-58(84)31(6)17-3)68(28-71)34(24-63(53,8)9)33-18-19-38-65(12)22-21-40(64(10,11)37(65)20-23-66(38,13)67(33,14)25-39(68)72)88-62-52(93-60-45(77)43(75)41(73)35(26-69)86-60)49(46(78)51(92-62)55(80)81)91-59-44(76)42(74)36(27-70)87-59/h15-18,32,34-54,59-62,69-79H,19-28H2,1-14H3,(H,80,81)/b29-15-,30-16-,31-17-/t32-,34?,35+,36-,37?,38?,39+,40-,41-,42-,43-,44+,45+,46-,47+,48-,49-,50-,51-,52+,53-,54-,59-,60-,61-,62+,65-,66+,67+,68-/m0/s1. The number of esters is 3. The number of aliphatic carboxylic acids is 1. The van der Waals surface area contributed by atoms with Crippen molar-refractivity contribution in [1.29, 1.82) is 0 Å².